The van der Waals surface area contributed by atoms with Gasteiger partial charge in [-0.05, 0) is 27.7 Å². The number of rotatable bonds is 4. The van der Waals surface area contributed by atoms with Crippen molar-refractivity contribution in [1.29, 1.82) is 0 Å². The fourth-order valence-electron chi connectivity index (χ4n) is 3.92. The molecule has 0 amide bonds. The number of hydrogen-bond acceptors (Lipinski definition) is 12. The zero-order valence-corrected chi connectivity index (χ0v) is 18.6. The highest BCUT2D eigenvalue weighted by Gasteiger charge is 2.61. The van der Waals surface area contributed by atoms with Gasteiger partial charge in [-0.3, -0.25) is 18.6 Å². The fourth-order valence-corrected chi connectivity index (χ4v) is 5.15. The lowest BCUT2D eigenvalue weighted by Gasteiger charge is -2.36. The molecule has 0 bridgehead atoms. The molecule has 31 heavy (non-hydrogen) atoms. The van der Waals surface area contributed by atoms with E-state index in [4.69, 9.17) is 33.5 Å². The van der Waals surface area contributed by atoms with Crippen LogP contribution < -0.4 is 5.73 Å². The largest absolute Gasteiger partial charge is 0.479 e. The van der Waals surface area contributed by atoms with Gasteiger partial charge in [0.05, 0.1) is 25.7 Å². The van der Waals surface area contributed by atoms with Crippen molar-refractivity contribution in [2.45, 2.75) is 70.1 Å². The zero-order chi connectivity index (χ0) is 22.4. The first-order valence-corrected chi connectivity index (χ1v) is 11.5. The first kappa shape index (κ1) is 22.6. The van der Waals surface area contributed by atoms with E-state index in [0.717, 1.165) is 0 Å². The Morgan fingerprint density at radius 2 is 2.23 bits per heavy atom. The van der Waals surface area contributed by atoms with Crippen molar-refractivity contribution in [2.24, 2.45) is 20.7 Å². The van der Waals surface area contributed by atoms with E-state index in [1.165, 1.54) is 18.2 Å². The highest BCUT2D eigenvalue weighted by molar-refractivity contribution is 7.48. The number of phosphoric acid groups is 1. The molecule has 12 nitrogen and oxygen atoms in total. The van der Waals surface area contributed by atoms with Gasteiger partial charge in [0.25, 0.3) is 0 Å². The van der Waals surface area contributed by atoms with E-state index in [0.29, 0.717) is 12.5 Å². The molecule has 14 heteroatoms. The zero-order valence-electron chi connectivity index (χ0n) is 17.7. The van der Waals surface area contributed by atoms with Crippen molar-refractivity contribution in [2.75, 3.05) is 20.0 Å². The van der Waals surface area contributed by atoms with Crippen LogP contribution in [0.15, 0.2) is 15.0 Å². The van der Waals surface area contributed by atoms with Crippen LogP contribution in [0, 0.1) is 0 Å². The van der Waals surface area contributed by atoms with Gasteiger partial charge in [0, 0.05) is 0 Å². The summed E-state index contributed by atoms with van der Waals surface area (Å²) in [6, 6.07) is -0.569. The molecule has 0 spiro atoms. The molecule has 5 unspecified atom stereocenters. The van der Waals surface area contributed by atoms with E-state index in [2.05, 4.69) is 15.0 Å². The maximum atomic E-state index is 16.0. The maximum Gasteiger partial charge on any atom is 0.477 e. The predicted molar refractivity (Wildman–Crippen MR) is 107 cm³/mol. The van der Waals surface area contributed by atoms with Gasteiger partial charge in [-0.15, -0.1) is 0 Å². The summed E-state index contributed by atoms with van der Waals surface area (Å²) >= 11 is 0. The van der Waals surface area contributed by atoms with E-state index in [1.54, 1.807) is 13.8 Å². The summed E-state index contributed by atoms with van der Waals surface area (Å²) in [5, 5.41) is 0. The lowest BCUT2D eigenvalue weighted by molar-refractivity contribution is -0.131. The summed E-state index contributed by atoms with van der Waals surface area (Å²) in [6.07, 6.45) is -2.70. The fraction of sp³-hybridized carbons (Fsp3) is 0.824. The molecule has 2 saturated heterocycles. The number of phosphoric ester groups is 1. The van der Waals surface area contributed by atoms with Crippen LogP contribution in [-0.4, -0.2) is 85.5 Å². The summed E-state index contributed by atoms with van der Waals surface area (Å²) in [7, 11) is -3.86. The number of ether oxygens (including phenoxy) is 3. The van der Waals surface area contributed by atoms with Crippen LogP contribution in [0.25, 0.3) is 0 Å². The number of alkyl halides is 1. The molecule has 0 saturated carbocycles. The number of nitrogens with zero attached hydrogens (tertiary/aromatic N) is 4. The Morgan fingerprint density at radius 3 is 2.94 bits per heavy atom. The quantitative estimate of drug-likeness (QED) is 0.609. The average molecular weight is 463 g/mol. The van der Waals surface area contributed by atoms with Crippen molar-refractivity contribution in [3.63, 3.8) is 0 Å². The highest BCUT2D eigenvalue weighted by Crippen LogP contribution is 2.53. The van der Waals surface area contributed by atoms with Crippen LogP contribution >= 0.6 is 7.82 Å². The number of aliphatic imine (C=N–C) groups is 3. The number of nitrogens with two attached hydrogens (primary N) is 1. The van der Waals surface area contributed by atoms with Gasteiger partial charge in [-0.1, -0.05) is 0 Å². The minimum absolute atomic E-state index is 0.00419. The Bertz CT molecular complexity index is 838. The smallest absolute Gasteiger partial charge is 0.477 e. The Morgan fingerprint density at radius 1 is 1.45 bits per heavy atom. The summed E-state index contributed by atoms with van der Waals surface area (Å²) in [6.45, 7) is 6.19. The first-order valence-electron chi connectivity index (χ1n) is 10.0. The first-order chi connectivity index (χ1) is 14.6. The van der Waals surface area contributed by atoms with Gasteiger partial charge in [-0.25, -0.2) is 13.9 Å². The van der Waals surface area contributed by atoms with Crippen molar-refractivity contribution in [3.8, 4) is 0 Å². The summed E-state index contributed by atoms with van der Waals surface area (Å²) < 4.78 is 61.4. The molecule has 4 heterocycles. The monoisotopic (exact) mass is 463 g/mol. The Kier molecular flexibility index (Phi) is 6.10. The minimum atomic E-state index is -3.86. The third-order valence-corrected chi connectivity index (χ3v) is 6.70. The van der Waals surface area contributed by atoms with Gasteiger partial charge < -0.3 is 24.8 Å². The third-order valence-electron chi connectivity index (χ3n) is 5.13. The van der Waals surface area contributed by atoms with Gasteiger partial charge in [0.15, 0.2) is 30.9 Å². The third kappa shape index (κ3) is 4.22. The second-order valence-electron chi connectivity index (χ2n) is 7.85. The number of halogens is 1. The number of fused-ring (bicyclic) bond motifs is 2. The molecule has 2 fully saturated rings. The van der Waals surface area contributed by atoms with Crippen LogP contribution in [0.4, 0.5) is 4.39 Å². The molecule has 4 aliphatic heterocycles. The Labute approximate surface area is 179 Å². The van der Waals surface area contributed by atoms with Gasteiger partial charge in [-0.2, -0.15) is 4.99 Å². The molecule has 4 rings (SSSR count). The minimum Gasteiger partial charge on any atom is -0.479 e. The van der Waals surface area contributed by atoms with E-state index < -0.39 is 57.0 Å². The molecule has 0 aliphatic carbocycles. The molecule has 2 N–H and O–H groups in total. The van der Waals surface area contributed by atoms with E-state index in [1.807, 2.05) is 6.92 Å². The molecule has 0 aromatic heterocycles. The average Bonchev–Trinajstić information content (AvgIpc) is 3.17. The molecule has 0 radical (unpaired) electrons. The number of guanidine groups is 1. The predicted octanol–water partition coefficient (Wildman–Crippen LogP) is 1.16. The standard InChI is InChI=1S/C17H27FN5O7P/c1-5-25-14-11-13(21-16(19)22-14)23(7-20-11)15-17(4,18)12-10(29-15)6-27-31(24,28-8-26-12)30-9(2)3/h7,9-13,15H,5-6,8H2,1-4H3,(H2,19,21)/t10?,11?,12?,13?,15-,17+,31?/m1/s1. The molecule has 4 aliphatic rings. The topological polar surface area (TPSA) is 139 Å². The normalized spacial score (nSPS) is 42.5. The Hall–Kier alpha value is -1.63. The van der Waals surface area contributed by atoms with E-state index in [-0.39, 0.29) is 12.6 Å². The molecule has 7 atom stereocenters. The van der Waals surface area contributed by atoms with Gasteiger partial charge in [0.1, 0.15) is 12.2 Å². The van der Waals surface area contributed by atoms with Crippen LogP contribution in [0.2, 0.25) is 0 Å². The summed E-state index contributed by atoms with van der Waals surface area (Å²) in [4.78, 5) is 14.3. The molecule has 0 aromatic carbocycles. The van der Waals surface area contributed by atoms with Gasteiger partial charge >= 0.3 is 7.82 Å². The van der Waals surface area contributed by atoms with Crippen molar-refractivity contribution >= 4 is 26.0 Å². The second-order valence-corrected chi connectivity index (χ2v) is 9.47. The summed E-state index contributed by atoms with van der Waals surface area (Å²) in [5.41, 5.74) is 3.82. The SMILES string of the molecule is CCOC1=NC(N)=NC2C1N=CN2[C@@H]1OC2COP(=O)(OC(C)C)OCOC2[C@]1(C)F. The van der Waals surface area contributed by atoms with Crippen molar-refractivity contribution < 1.29 is 36.7 Å². The lowest BCUT2D eigenvalue weighted by atomic mass is 9.97. The van der Waals surface area contributed by atoms with E-state index in [9.17, 15) is 4.57 Å². The summed E-state index contributed by atoms with van der Waals surface area (Å²) in [5.74, 6) is 0.313. The highest BCUT2D eigenvalue weighted by atomic mass is 31.2. The van der Waals surface area contributed by atoms with Crippen LogP contribution in [0.1, 0.15) is 27.7 Å². The van der Waals surface area contributed by atoms with Crippen LogP contribution in [0.5, 0.6) is 0 Å². The molecular weight excluding hydrogens is 436 g/mol. The van der Waals surface area contributed by atoms with Gasteiger partial charge in [0.2, 0.25) is 11.9 Å². The molecule has 174 valence electrons. The lowest BCUT2D eigenvalue weighted by Crippen LogP contribution is -2.55. The Balaban J connectivity index is 1.53. The molecule has 0 aromatic rings. The van der Waals surface area contributed by atoms with E-state index >= 15 is 4.39 Å². The molecular formula is C17H27FN5O7P. The van der Waals surface area contributed by atoms with Crippen molar-refractivity contribution in [1.82, 2.24) is 4.90 Å². The maximum absolute atomic E-state index is 16.0. The van der Waals surface area contributed by atoms with Crippen LogP contribution in [-0.2, 0) is 32.3 Å². The number of hydrogen-bond donors (Lipinski definition) is 1. The second kappa shape index (κ2) is 8.38. The van der Waals surface area contributed by atoms with Crippen LogP contribution in [0.3, 0.4) is 0 Å². The van der Waals surface area contributed by atoms with Crippen molar-refractivity contribution in [3.05, 3.63) is 0 Å².